The Hall–Kier alpha value is -6.06. The van der Waals surface area contributed by atoms with Gasteiger partial charge in [-0.3, -0.25) is 19.2 Å². The number of halogens is 4. The molecule has 15 heteroatoms. The van der Waals surface area contributed by atoms with Crippen LogP contribution in [0, 0.1) is 56.0 Å². The van der Waals surface area contributed by atoms with Gasteiger partial charge in [-0.25, -0.2) is 17.6 Å². The van der Waals surface area contributed by atoms with Gasteiger partial charge in [-0.1, -0.05) is 39.1 Å². The van der Waals surface area contributed by atoms with Crippen LogP contribution in [0.3, 0.4) is 0 Å². The van der Waals surface area contributed by atoms with Gasteiger partial charge >= 0.3 is 0 Å². The topological polar surface area (TPSA) is 163 Å². The maximum Gasteiger partial charge on any atom is 0.251 e. The third kappa shape index (κ3) is 8.68. The van der Waals surface area contributed by atoms with Crippen LogP contribution >= 0.6 is 0 Å². The zero-order valence-corrected chi connectivity index (χ0v) is 33.2. The monoisotopic (exact) mass is 868 g/mol. The number of hydrogen-bond donors (Lipinski definition) is 2. The van der Waals surface area contributed by atoms with E-state index in [2.05, 4.69) is 4.98 Å². The maximum absolute atomic E-state index is 14.2. The molecule has 8 aliphatic rings. The van der Waals surface area contributed by atoms with E-state index in [0.29, 0.717) is 67.3 Å². The van der Waals surface area contributed by atoms with Gasteiger partial charge in [-0.15, -0.1) is 0 Å². The molecule has 2 aliphatic heterocycles. The third-order valence-corrected chi connectivity index (χ3v) is 13.5. The molecule has 11 nitrogen and oxygen atoms in total. The van der Waals surface area contributed by atoms with E-state index in [9.17, 15) is 41.8 Å². The quantitative estimate of drug-likeness (QED) is 0.182. The SMILES string of the molecule is C.C.N#Cc1cc[nH]c(=O)c1.N#Cc1ccn(CC23CC(C(=O)N4CC(F)CC4c4cccc(F)c4)(C2)C3)c(=O)c1.O=C(N1CC(F)CC1c1cccc(F)c1)C12CC(CO)(C1)C2. The second-order valence-corrected chi connectivity index (χ2v) is 18.0. The molecule has 4 bridgehead atoms. The van der Waals surface area contributed by atoms with Crippen LogP contribution < -0.4 is 11.1 Å². The van der Waals surface area contributed by atoms with Crippen molar-refractivity contribution in [1.29, 1.82) is 10.5 Å². The van der Waals surface area contributed by atoms with Gasteiger partial charge in [0.2, 0.25) is 17.4 Å². The molecule has 0 radical (unpaired) electrons. The van der Waals surface area contributed by atoms with Crippen LogP contribution in [0.2, 0.25) is 0 Å². The van der Waals surface area contributed by atoms with Gasteiger partial charge in [0.1, 0.15) is 24.0 Å². The Kier molecular flexibility index (Phi) is 13.0. The standard InChI is InChI=1S/C23H21F2N3O2.C17H19F2NO2.C6H4N2O.2CH4/c24-17-3-1-2-16(7-17)19-8-18(25)10-28(19)21(30)23-11-22(12-23,13-23)14-27-5-4-15(9-26)6-20(27)29;18-12-3-1-2-11(4-12)14-5-13(19)6-20(14)15(22)17-7-16(8-17,9-17)10-21;7-4-5-1-2-8-6(9)3-5;;/h1-7,18-19H,8,10-14H2;1-4,13-14,21H,5-10H2;1-3H,(H,8,9);2*1H4. The van der Waals surface area contributed by atoms with Crippen molar-refractivity contribution in [1.82, 2.24) is 19.4 Å². The van der Waals surface area contributed by atoms with Crippen molar-refractivity contribution in [2.24, 2.45) is 21.7 Å². The lowest BCUT2D eigenvalue weighted by Crippen LogP contribution is -2.69. The Morgan fingerprint density at radius 2 is 1.19 bits per heavy atom. The molecule has 4 heterocycles. The van der Waals surface area contributed by atoms with Crippen molar-refractivity contribution in [3.63, 3.8) is 0 Å². The maximum atomic E-state index is 14.2. The van der Waals surface area contributed by atoms with E-state index >= 15 is 0 Å². The fourth-order valence-corrected chi connectivity index (χ4v) is 11.1. The second-order valence-electron chi connectivity index (χ2n) is 18.0. The Labute approximate surface area is 363 Å². The molecule has 4 unspecified atom stereocenters. The van der Waals surface area contributed by atoms with Crippen molar-refractivity contribution in [2.75, 3.05) is 19.7 Å². The van der Waals surface area contributed by atoms with Crippen molar-refractivity contribution in [3.05, 3.63) is 140 Å². The molecular weight excluding hydrogens is 817 g/mol. The smallest absolute Gasteiger partial charge is 0.251 e. The highest BCUT2D eigenvalue weighted by atomic mass is 19.1. The van der Waals surface area contributed by atoms with Crippen LogP contribution in [0.15, 0.2) is 94.8 Å². The van der Waals surface area contributed by atoms with Crippen LogP contribution in [0.4, 0.5) is 17.6 Å². The molecule has 4 aromatic rings. The highest BCUT2D eigenvalue weighted by Crippen LogP contribution is 2.75. The van der Waals surface area contributed by atoms with Crippen molar-refractivity contribution in [3.8, 4) is 12.1 Å². The molecule has 2 aromatic heterocycles. The van der Waals surface area contributed by atoms with Gasteiger partial charge in [0.25, 0.3) is 5.56 Å². The molecule has 6 saturated carbocycles. The van der Waals surface area contributed by atoms with Crippen molar-refractivity contribution < 1.29 is 32.3 Å². The first-order chi connectivity index (χ1) is 29.1. The molecule has 8 fully saturated rings. The minimum Gasteiger partial charge on any atom is -0.396 e. The molecule has 6 aliphatic carbocycles. The number of benzene rings is 2. The van der Waals surface area contributed by atoms with E-state index in [4.69, 9.17) is 10.5 Å². The number of hydrogen-bond acceptors (Lipinski definition) is 7. The molecule has 12 rings (SSSR count). The number of likely N-dealkylation sites (tertiary alicyclic amines) is 2. The Morgan fingerprint density at radius 3 is 1.60 bits per heavy atom. The number of aromatic nitrogens is 2. The lowest BCUT2D eigenvalue weighted by Gasteiger charge is -2.70. The second kappa shape index (κ2) is 17.6. The van der Waals surface area contributed by atoms with Gasteiger partial charge < -0.3 is 24.5 Å². The molecule has 332 valence electrons. The predicted molar refractivity (Wildman–Crippen MR) is 226 cm³/mol. The molecule has 2 saturated heterocycles. The largest absolute Gasteiger partial charge is 0.396 e. The number of nitrogens with one attached hydrogen (secondary N) is 1. The van der Waals surface area contributed by atoms with E-state index in [0.717, 1.165) is 0 Å². The zero-order chi connectivity index (χ0) is 43.3. The summed E-state index contributed by atoms with van der Waals surface area (Å²) in [5, 5.41) is 26.5. The lowest BCUT2D eigenvalue weighted by atomic mass is 9.34. The summed E-state index contributed by atoms with van der Waals surface area (Å²) in [5.74, 6) is -0.820. The molecule has 4 atom stereocenters. The number of aromatic amines is 1. The summed E-state index contributed by atoms with van der Waals surface area (Å²) < 4.78 is 56.8. The first-order valence-electron chi connectivity index (χ1n) is 20.3. The van der Waals surface area contributed by atoms with Crippen LogP contribution in [0.5, 0.6) is 0 Å². The predicted octanol–water partition coefficient (Wildman–Crippen LogP) is 7.46. The van der Waals surface area contributed by atoms with Gasteiger partial charge in [0, 0.05) is 50.5 Å². The van der Waals surface area contributed by atoms with Crippen molar-refractivity contribution >= 4 is 11.8 Å². The molecule has 2 aromatic carbocycles. The molecule has 2 amide bonds. The van der Waals surface area contributed by atoms with Crippen LogP contribution in [-0.4, -0.2) is 68.3 Å². The fourth-order valence-electron chi connectivity index (χ4n) is 11.1. The number of nitrogens with zero attached hydrogens (tertiary/aromatic N) is 5. The highest BCUT2D eigenvalue weighted by molar-refractivity contribution is 5.88. The number of carbonyl (C=O) groups excluding carboxylic acids is 2. The number of amides is 2. The summed E-state index contributed by atoms with van der Waals surface area (Å²) in [6, 6.07) is 20.9. The number of nitriles is 2. The number of aliphatic hydroxyl groups excluding tert-OH is 1. The van der Waals surface area contributed by atoms with E-state index in [1.807, 2.05) is 12.1 Å². The van der Waals surface area contributed by atoms with E-state index in [1.54, 1.807) is 57.0 Å². The first-order valence-corrected chi connectivity index (χ1v) is 20.3. The summed E-state index contributed by atoms with van der Waals surface area (Å²) in [7, 11) is 0. The summed E-state index contributed by atoms with van der Waals surface area (Å²) in [6.07, 6.45) is 5.48. The number of rotatable bonds is 7. The van der Waals surface area contributed by atoms with Crippen LogP contribution in [-0.2, 0) is 16.1 Å². The average molecular weight is 869 g/mol. The Bertz CT molecular complexity index is 2540. The number of carbonyl (C=O) groups is 2. The van der Waals surface area contributed by atoms with Crippen LogP contribution in [0.1, 0.15) is 101 Å². The minimum absolute atomic E-state index is 0. The number of H-pyrrole nitrogens is 1. The molecule has 0 spiro atoms. The van der Waals surface area contributed by atoms with E-state index in [-0.39, 0.29) is 98.8 Å². The van der Waals surface area contributed by atoms with Gasteiger partial charge in [-0.05, 0) is 96.9 Å². The first kappa shape index (κ1) is 46.4. The summed E-state index contributed by atoms with van der Waals surface area (Å²) in [6.45, 7) is 0.782. The van der Waals surface area contributed by atoms with Crippen molar-refractivity contribution in [2.45, 2.75) is 97.2 Å². The molecule has 2 N–H and O–H groups in total. The van der Waals surface area contributed by atoms with Crippen LogP contribution in [0.25, 0.3) is 0 Å². The van der Waals surface area contributed by atoms with Gasteiger partial charge in [-0.2, -0.15) is 10.5 Å². The van der Waals surface area contributed by atoms with Gasteiger partial charge in [0.05, 0.1) is 59.3 Å². The Morgan fingerprint density at radius 1 is 0.714 bits per heavy atom. The summed E-state index contributed by atoms with van der Waals surface area (Å²) in [4.78, 5) is 54.4. The average Bonchev–Trinajstić information content (AvgIpc) is 3.78. The fraction of sp³-hybridized carbons (Fsp3) is 0.458. The number of pyridine rings is 2. The number of alkyl halides is 2. The summed E-state index contributed by atoms with van der Waals surface area (Å²) >= 11 is 0. The Balaban J connectivity index is 0.000000176. The minimum atomic E-state index is -1.11. The van der Waals surface area contributed by atoms with E-state index in [1.165, 1.54) is 42.6 Å². The van der Waals surface area contributed by atoms with E-state index < -0.39 is 29.2 Å². The van der Waals surface area contributed by atoms with Gasteiger partial charge in [0.15, 0.2) is 0 Å². The normalized spacial score (nSPS) is 30.0. The lowest BCUT2D eigenvalue weighted by molar-refractivity contribution is -0.229. The summed E-state index contributed by atoms with van der Waals surface area (Å²) in [5.41, 5.74) is 0.544. The zero-order valence-electron chi connectivity index (χ0n) is 33.2. The third-order valence-electron chi connectivity index (χ3n) is 13.5. The molecule has 63 heavy (non-hydrogen) atoms. The highest BCUT2D eigenvalue weighted by Gasteiger charge is 2.73. The molecular formula is C48H52F4N6O5. The number of aliphatic hydroxyl groups is 1.